The first kappa shape index (κ1) is 11.4. The van der Waals surface area contributed by atoms with Crippen molar-refractivity contribution in [2.75, 3.05) is 6.54 Å². The Labute approximate surface area is 95.5 Å². The highest BCUT2D eigenvalue weighted by molar-refractivity contribution is 5.32. The first-order valence-corrected chi connectivity index (χ1v) is 5.94. The molecular formula is C13H18FNO. The maximum Gasteiger partial charge on any atom is 0.123 e. The summed E-state index contributed by atoms with van der Waals surface area (Å²) < 4.78 is 12.9. The summed E-state index contributed by atoms with van der Waals surface area (Å²) in [5.74, 6) is 0.750. The van der Waals surface area contributed by atoms with E-state index in [1.54, 1.807) is 0 Å². The highest BCUT2D eigenvalue weighted by Crippen LogP contribution is 2.28. The standard InChI is InChI=1S/C13H18FNO/c14-12-4-5-13(16)11(8-12)9-15-7-6-10-2-1-3-10/h4-5,8,10,15-16H,1-3,6-7,9H2. The van der Waals surface area contributed by atoms with Gasteiger partial charge < -0.3 is 10.4 Å². The van der Waals surface area contributed by atoms with Gasteiger partial charge >= 0.3 is 0 Å². The molecule has 0 bridgehead atoms. The summed E-state index contributed by atoms with van der Waals surface area (Å²) in [4.78, 5) is 0. The molecule has 3 heteroatoms. The number of rotatable bonds is 5. The third-order valence-electron chi connectivity index (χ3n) is 3.31. The summed E-state index contributed by atoms with van der Waals surface area (Å²) in [6, 6.07) is 4.05. The minimum Gasteiger partial charge on any atom is -0.508 e. The van der Waals surface area contributed by atoms with Gasteiger partial charge in [0.15, 0.2) is 0 Å². The van der Waals surface area contributed by atoms with Gasteiger partial charge in [-0.1, -0.05) is 19.3 Å². The van der Waals surface area contributed by atoms with Crippen molar-refractivity contribution in [1.29, 1.82) is 0 Å². The first-order valence-electron chi connectivity index (χ1n) is 5.94. The maximum absolute atomic E-state index is 12.9. The van der Waals surface area contributed by atoms with Crippen molar-refractivity contribution in [2.24, 2.45) is 5.92 Å². The molecule has 0 atom stereocenters. The van der Waals surface area contributed by atoms with Gasteiger partial charge in [0.2, 0.25) is 0 Å². The lowest BCUT2D eigenvalue weighted by Gasteiger charge is -2.25. The minimum absolute atomic E-state index is 0.164. The van der Waals surface area contributed by atoms with Gasteiger partial charge in [0.25, 0.3) is 0 Å². The highest BCUT2D eigenvalue weighted by atomic mass is 19.1. The van der Waals surface area contributed by atoms with E-state index < -0.39 is 0 Å². The number of benzene rings is 1. The summed E-state index contributed by atoms with van der Waals surface area (Å²) in [7, 11) is 0. The Morgan fingerprint density at radius 1 is 1.38 bits per heavy atom. The molecule has 2 N–H and O–H groups in total. The van der Waals surface area contributed by atoms with E-state index in [2.05, 4.69) is 5.32 Å². The summed E-state index contributed by atoms with van der Waals surface area (Å²) >= 11 is 0. The number of phenols is 1. The van der Waals surface area contributed by atoms with Crippen LogP contribution >= 0.6 is 0 Å². The van der Waals surface area contributed by atoms with Crippen LogP contribution < -0.4 is 5.32 Å². The number of phenolic OH excluding ortho intramolecular Hbond substituents is 1. The van der Waals surface area contributed by atoms with Crippen LogP contribution in [0.25, 0.3) is 0 Å². The van der Waals surface area contributed by atoms with E-state index in [4.69, 9.17) is 0 Å². The highest BCUT2D eigenvalue weighted by Gasteiger charge is 2.16. The summed E-state index contributed by atoms with van der Waals surface area (Å²) in [6.45, 7) is 1.48. The lowest BCUT2D eigenvalue weighted by molar-refractivity contribution is 0.292. The number of hydrogen-bond acceptors (Lipinski definition) is 2. The van der Waals surface area contributed by atoms with Crippen molar-refractivity contribution in [1.82, 2.24) is 5.32 Å². The Hall–Kier alpha value is -1.09. The number of nitrogens with one attached hydrogen (secondary N) is 1. The van der Waals surface area contributed by atoms with Crippen LogP contribution in [0.2, 0.25) is 0 Å². The number of halogens is 1. The van der Waals surface area contributed by atoms with Gasteiger partial charge in [-0.15, -0.1) is 0 Å². The SMILES string of the molecule is Oc1ccc(F)cc1CNCCC1CCC1. The van der Waals surface area contributed by atoms with E-state index in [0.29, 0.717) is 12.1 Å². The van der Waals surface area contributed by atoms with Crippen LogP contribution in [0.4, 0.5) is 4.39 Å². The monoisotopic (exact) mass is 223 g/mol. The van der Waals surface area contributed by atoms with Crippen LogP contribution in [-0.2, 0) is 6.54 Å². The Morgan fingerprint density at radius 3 is 2.88 bits per heavy atom. The lowest BCUT2D eigenvalue weighted by Crippen LogP contribution is -2.21. The molecule has 0 spiro atoms. The average Bonchev–Trinajstić information content (AvgIpc) is 2.20. The van der Waals surface area contributed by atoms with Crippen molar-refractivity contribution < 1.29 is 9.50 Å². The predicted octanol–water partition coefficient (Wildman–Crippen LogP) is 2.81. The summed E-state index contributed by atoms with van der Waals surface area (Å²) in [6.07, 6.45) is 5.27. The lowest BCUT2D eigenvalue weighted by atomic mass is 9.83. The normalized spacial score (nSPS) is 16.1. The van der Waals surface area contributed by atoms with Crippen molar-refractivity contribution in [3.05, 3.63) is 29.6 Å². The molecular weight excluding hydrogens is 205 g/mol. The van der Waals surface area contributed by atoms with Crippen molar-refractivity contribution in [3.8, 4) is 5.75 Å². The van der Waals surface area contributed by atoms with Crippen LogP contribution in [-0.4, -0.2) is 11.7 Å². The van der Waals surface area contributed by atoms with Crippen molar-refractivity contribution in [3.63, 3.8) is 0 Å². The topological polar surface area (TPSA) is 32.3 Å². The molecule has 1 aromatic rings. The molecule has 88 valence electrons. The van der Waals surface area contributed by atoms with E-state index in [1.807, 2.05) is 0 Å². The van der Waals surface area contributed by atoms with Gasteiger partial charge in [0, 0.05) is 12.1 Å². The quantitative estimate of drug-likeness (QED) is 0.752. The van der Waals surface area contributed by atoms with Crippen LogP contribution in [0.15, 0.2) is 18.2 Å². The number of aromatic hydroxyl groups is 1. The van der Waals surface area contributed by atoms with E-state index in [0.717, 1.165) is 12.5 Å². The first-order chi connectivity index (χ1) is 7.75. The van der Waals surface area contributed by atoms with E-state index >= 15 is 0 Å². The van der Waals surface area contributed by atoms with Crippen LogP contribution in [0, 0.1) is 11.7 Å². The molecule has 2 rings (SSSR count). The summed E-state index contributed by atoms with van der Waals surface area (Å²) in [5, 5.41) is 12.7. The number of hydrogen-bond donors (Lipinski definition) is 2. The van der Waals surface area contributed by atoms with Gasteiger partial charge in [0.1, 0.15) is 11.6 Å². The molecule has 0 radical (unpaired) electrons. The van der Waals surface area contributed by atoms with Gasteiger partial charge in [-0.2, -0.15) is 0 Å². The van der Waals surface area contributed by atoms with Crippen LogP contribution in [0.5, 0.6) is 5.75 Å². The van der Waals surface area contributed by atoms with Gasteiger partial charge in [-0.25, -0.2) is 4.39 Å². The molecule has 16 heavy (non-hydrogen) atoms. The zero-order valence-electron chi connectivity index (χ0n) is 9.38. The van der Waals surface area contributed by atoms with Crippen LogP contribution in [0.1, 0.15) is 31.2 Å². The molecule has 0 heterocycles. The molecule has 0 aliphatic heterocycles. The Morgan fingerprint density at radius 2 is 2.19 bits per heavy atom. The molecule has 1 saturated carbocycles. The Kier molecular flexibility index (Phi) is 3.78. The van der Waals surface area contributed by atoms with Crippen molar-refractivity contribution in [2.45, 2.75) is 32.2 Å². The Balaban J connectivity index is 1.73. The average molecular weight is 223 g/mol. The third-order valence-corrected chi connectivity index (χ3v) is 3.31. The molecule has 1 aliphatic carbocycles. The molecule has 2 nitrogen and oxygen atoms in total. The van der Waals surface area contributed by atoms with Gasteiger partial charge in [0.05, 0.1) is 0 Å². The second kappa shape index (κ2) is 5.30. The smallest absolute Gasteiger partial charge is 0.123 e. The maximum atomic E-state index is 12.9. The molecule has 1 aliphatic rings. The fourth-order valence-corrected chi connectivity index (χ4v) is 2.01. The van der Waals surface area contributed by atoms with E-state index in [1.165, 1.54) is 43.9 Å². The second-order valence-electron chi connectivity index (χ2n) is 4.54. The van der Waals surface area contributed by atoms with Gasteiger partial charge in [-0.3, -0.25) is 0 Å². The molecule has 1 fully saturated rings. The fraction of sp³-hybridized carbons (Fsp3) is 0.538. The zero-order chi connectivity index (χ0) is 11.4. The largest absolute Gasteiger partial charge is 0.508 e. The zero-order valence-corrected chi connectivity index (χ0v) is 9.38. The van der Waals surface area contributed by atoms with Crippen LogP contribution in [0.3, 0.4) is 0 Å². The molecule has 0 amide bonds. The third kappa shape index (κ3) is 2.95. The molecule has 1 aromatic carbocycles. The Bertz CT molecular complexity index is 350. The fourth-order valence-electron chi connectivity index (χ4n) is 2.01. The minimum atomic E-state index is -0.298. The van der Waals surface area contributed by atoms with E-state index in [9.17, 15) is 9.50 Å². The van der Waals surface area contributed by atoms with Crippen molar-refractivity contribution >= 4 is 0 Å². The second-order valence-corrected chi connectivity index (χ2v) is 4.54. The molecule has 0 aromatic heterocycles. The predicted molar refractivity (Wildman–Crippen MR) is 61.7 cm³/mol. The molecule has 0 unspecified atom stereocenters. The van der Waals surface area contributed by atoms with Gasteiger partial charge in [-0.05, 0) is 37.1 Å². The molecule has 0 saturated heterocycles. The van der Waals surface area contributed by atoms with E-state index in [-0.39, 0.29) is 11.6 Å². The summed E-state index contributed by atoms with van der Waals surface area (Å²) in [5.41, 5.74) is 0.633.